The van der Waals surface area contributed by atoms with E-state index in [1.54, 1.807) is 6.07 Å². The van der Waals surface area contributed by atoms with E-state index in [0.29, 0.717) is 30.4 Å². The summed E-state index contributed by atoms with van der Waals surface area (Å²) in [6.45, 7) is 6.02. The maximum Gasteiger partial charge on any atom is 0.416 e. The number of rotatable bonds is 6. The Bertz CT molecular complexity index is 1080. The summed E-state index contributed by atoms with van der Waals surface area (Å²) in [5.41, 5.74) is 7.95. The van der Waals surface area contributed by atoms with E-state index in [0.717, 1.165) is 43.5 Å². The predicted molar refractivity (Wildman–Crippen MR) is 121 cm³/mol. The van der Waals surface area contributed by atoms with Gasteiger partial charge < -0.3 is 11.1 Å². The number of nitrogens with two attached hydrogens (primary N) is 1. The standard InChI is InChI=1S/C23H26F3N7/c1-16-5-7-19(8-6-16)28-22-30-20(29-21(27)31-22)15-33-11-9-32(10-12-33)14-17-3-2-4-18(13-17)23(24,25)26/h2-8,13H,9-12,14-15H2,1H3,(H3,27,28,29,30,31). The highest BCUT2D eigenvalue weighted by Crippen LogP contribution is 2.29. The topological polar surface area (TPSA) is 83.2 Å². The molecule has 7 nitrogen and oxygen atoms in total. The molecule has 33 heavy (non-hydrogen) atoms. The van der Waals surface area contributed by atoms with Crippen LogP contribution in [0.1, 0.15) is 22.5 Å². The Morgan fingerprint density at radius 3 is 2.24 bits per heavy atom. The molecule has 1 saturated heterocycles. The van der Waals surface area contributed by atoms with Gasteiger partial charge in [0, 0.05) is 38.4 Å². The molecule has 10 heteroatoms. The third kappa shape index (κ3) is 6.39. The molecule has 174 valence electrons. The van der Waals surface area contributed by atoms with Gasteiger partial charge in [0.25, 0.3) is 0 Å². The van der Waals surface area contributed by atoms with Crippen molar-refractivity contribution in [3.05, 3.63) is 71.0 Å². The number of nitrogen functional groups attached to an aromatic ring is 1. The number of aromatic nitrogens is 3. The molecule has 2 heterocycles. The first-order chi connectivity index (χ1) is 15.7. The van der Waals surface area contributed by atoms with Crippen LogP contribution in [0.3, 0.4) is 0 Å². The first kappa shape index (κ1) is 22.9. The van der Waals surface area contributed by atoms with Crippen LogP contribution < -0.4 is 11.1 Å². The molecule has 0 saturated carbocycles. The summed E-state index contributed by atoms with van der Waals surface area (Å²) < 4.78 is 38.8. The number of alkyl halides is 3. The average Bonchev–Trinajstić information content (AvgIpc) is 2.76. The van der Waals surface area contributed by atoms with Gasteiger partial charge in [0.05, 0.1) is 12.1 Å². The van der Waals surface area contributed by atoms with Crippen LogP contribution in [0.25, 0.3) is 0 Å². The molecule has 0 radical (unpaired) electrons. The number of aryl methyl sites for hydroxylation is 1. The van der Waals surface area contributed by atoms with E-state index in [2.05, 4.69) is 30.1 Å². The van der Waals surface area contributed by atoms with Crippen LogP contribution in [0, 0.1) is 6.92 Å². The van der Waals surface area contributed by atoms with E-state index in [1.165, 1.54) is 12.1 Å². The summed E-state index contributed by atoms with van der Waals surface area (Å²) >= 11 is 0. The number of hydrogen-bond donors (Lipinski definition) is 2. The zero-order valence-electron chi connectivity index (χ0n) is 18.3. The molecule has 0 aliphatic carbocycles. The fourth-order valence-corrected chi connectivity index (χ4v) is 3.74. The van der Waals surface area contributed by atoms with E-state index in [-0.39, 0.29) is 5.95 Å². The number of piperazine rings is 1. The second-order valence-corrected chi connectivity index (χ2v) is 8.17. The molecule has 1 aliphatic rings. The van der Waals surface area contributed by atoms with Gasteiger partial charge in [0.1, 0.15) is 5.82 Å². The Labute approximate surface area is 190 Å². The van der Waals surface area contributed by atoms with E-state index >= 15 is 0 Å². The number of halogens is 3. The van der Waals surface area contributed by atoms with Gasteiger partial charge in [0.2, 0.25) is 11.9 Å². The molecule has 3 N–H and O–H groups in total. The molecule has 4 rings (SSSR count). The highest BCUT2D eigenvalue weighted by Gasteiger charge is 2.30. The van der Waals surface area contributed by atoms with Crippen molar-refractivity contribution in [3.63, 3.8) is 0 Å². The minimum Gasteiger partial charge on any atom is -0.368 e. The van der Waals surface area contributed by atoms with E-state index < -0.39 is 11.7 Å². The third-order valence-electron chi connectivity index (χ3n) is 5.50. The predicted octanol–water partition coefficient (Wildman–Crippen LogP) is 3.84. The van der Waals surface area contributed by atoms with Crippen molar-refractivity contribution >= 4 is 17.6 Å². The molecule has 3 aromatic rings. The zero-order valence-corrected chi connectivity index (χ0v) is 18.3. The van der Waals surface area contributed by atoms with E-state index in [1.807, 2.05) is 31.2 Å². The second-order valence-electron chi connectivity index (χ2n) is 8.17. The lowest BCUT2D eigenvalue weighted by atomic mass is 10.1. The van der Waals surface area contributed by atoms with Crippen molar-refractivity contribution in [1.29, 1.82) is 0 Å². The number of nitrogens with zero attached hydrogens (tertiary/aromatic N) is 5. The maximum atomic E-state index is 12.9. The summed E-state index contributed by atoms with van der Waals surface area (Å²) in [7, 11) is 0. The third-order valence-corrected chi connectivity index (χ3v) is 5.50. The van der Waals surface area contributed by atoms with E-state index in [9.17, 15) is 13.2 Å². The highest BCUT2D eigenvalue weighted by atomic mass is 19.4. The average molecular weight is 458 g/mol. The van der Waals surface area contributed by atoms with Gasteiger partial charge in [-0.3, -0.25) is 9.80 Å². The molecule has 1 aliphatic heterocycles. The summed E-state index contributed by atoms with van der Waals surface area (Å²) in [5, 5.41) is 3.15. The first-order valence-electron chi connectivity index (χ1n) is 10.7. The van der Waals surface area contributed by atoms with Crippen LogP contribution in [0.4, 0.5) is 30.8 Å². The summed E-state index contributed by atoms with van der Waals surface area (Å²) in [4.78, 5) is 17.3. The van der Waals surface area contributed by atoms with E-state index in [4.69, 9.17) is 5.73 Å². The molecular weight excluding hydrogens is 431 g/mol. The van der Waals surface area contributed by atoms with Gasteiger partial charge in [-0.2, -0.15) is 28.1 Å². The SMILES string of the molecule is Cc1ccc(Nc2nc(N)nc(CN3CCN(Cc4cccc(C(F)(F)F)c4)CC3)n2)cc1. The van der Waals surface area contributed by atoms with Crippen LogP contribution in [0.2, 0.25) is 0 Å². The van der Waals surface area contributed by atoms with Crippen molar-refractivity contribution in [2.75, 3.05) is 37.2 Å². The molecule has 0 unspecified atom stereocenters. The lowest BCUT2D eigenvalue weighted by Gasteiger charge is -2.34. The minimum absolute atomic E-state index is 0.151. The van der Waals surface area contributed by atoms with Crippen LogP contribution in [0.5, 0.6) is 0 Å². The molecule has 0 bridgehead atoms. The summed E-state index contributed by atoms with van der Waals surface area (Å²) in [6.07, 6.45) is -4.33. The molecule has 2 aromatic carbocycles. The van der Waals surface area contributed by atoms with Gasteiger partial charge in [-0.1, -0.05) is 35.9 Å². The number of benzene rings is 2. The Hall–Kier alpha value is -3.24. The van der Waals surface area contributed by atoms with Gasteiger partial charge >= 0.3 is 6.18 Å². The quantitative estimate of drug-likeness (QED) is 0.582. The smallest absolute Gasteiger partial charge is 0.368 e. The minimum atomic E-state index is -4.33. The van der Waals surface area contributed by atoms with Gasteiger partial charge in [-0.15, -0.1) is 0 Å². The maximum absolute atomic E-state index is 12.9. The lowest BCUT2D eigenvalue weighted by Crippen LogP contribution is -2.45. The van der Waals surface area contributed by atoms with Crippen LogP contribution in [-0.2, 0) is 19.3 Å². The Kier molecular flexibility index (Phi) is 6.75. The Balaban J connectivity index is 1.32. The lowest BCUT2D eigenvalue weighted by molar-refractivity contribution is -0.137. The van der Waals surface area contributed by atoms with Gasteiger partial charge in [-0.25, -0.2) is 0 Å². The van der Waals surface area contributed by atoms with Crippen molar-refractivity contribution in [1.82, 2.24) is 24.8 Å². The Morgan fingerprint density at radius 2 is 1.58 bits per heavy atom. The molecule has 0 spiro atoms. The fraction of sp³-hybridized carbons (Fsp3) is 0.348. The number of nitrogens with one attached hydrogen (secondary N) is 1. The first-order valence-corrected chi connectivity index (χ1v) is 10.7. The van der Waals surface area contributed by atoms with Gasteiger partial charge in [0.15, 0.2) is 0 Å². The van der Waals surface area contributed by atoms with Crippen LogP contribution >= 0.6 is 0 Å². The van der Waals surface area contributed by atoms with Crippen LogP contribution in [0.15, 0.2) is 48.5 Å². The second kappa shape index (κ2) is 9.72. The molecule has 0 atom stereocenters. The highest BCUT2D eigenvalue weighted by molar-refractivity contribution is 5.54. The fourth-order valence-electron chi connectivity index (χ4n) is 3.74. The molecular formula is C23H26F3N7. The normalized spacial score (nSPS) is 15.5. The molecule has 1 aromatic heterocycles. The van der Waals surface area contributed by atoms with Crippen molar-refractivity contribution in [3.8, 4) is 0 Å². The van der Waals surface area contributed by atoms with Crippen molar-refractivity contribution in [2.45, 2.75) is 26.2 Å². The van der Waals surface area contributed by atoms with Crippen molar-refractivity contribution < 1.29 is 13.2 Å². The van der Waals surface area contributed by atoms with Gasteiger partial charge in [-0.05, 0) is 30.7 Å². The summed E-state index contributed by atoms with van der Waals surface area (Å²) in [5.74, 6) is 1.12. The monoisotopic (exact) mass is 457 g/mol. The molecule has 0 amide bonds. The number of anilines is 3. The number of hydrogen-bond acceptors (Lipinski definition) is 7. The molecule has 1 fully saturated rings. The van der Waals surface area contributed by atoms with Crippen molar-refractivity contribution in [2.24, 2.45) is 0 Å². The zero-order chi connectivity index (χ0) is 23.4. The Morgan fingerprint density at radius 1 is 0.909 bits per heavy atom. The van der Waals surface area contributed by atoms with Crippen LogP contribution in [-0.4, -0.2) is 50.9 Å². The summed E-state index contributed by atoms with van der Waals surface area (Å²) in [6, 6.07) is 13.4. The largest absolute Gasteiger partial charge is 0.416 e.